The van der Waals surface area contributed by atoms with Crippen LogP contribution in [-0.2, 0) is 21.2 Å². The SMILES string of the molecule is CCN(Cc1cnc2ccccn12)C(=O)CCS(=O)(=O)c1ccccc1. The lowest BCUT2D eigenvalue weighted by molar-refractivity contribution is -0.131. The van der Waals surface area contributed by atoms with Gasteiger partial charge in [0.25, 0.3) is 0 Å². The fourth-order valence-corrected chi connectivity index (χ4v) is 4.05. The number of fused-ring (bicyclic) bond motifs is 1. The van der Waals surface area contributed by atoms with E-state index in [1.165, 1.54) is 0 Å². The fourth-order valence-electron chi connectivity index (χ4n) is 2.80. The Morgan fingerprint density at radius 3 is 2.58 bits per heavy atom. The molecule has 1 amide bonds. The van der Waals surface area contributed by atoms with Crippen LogP contribution in [0, 0.1) is 0 Å². The number of hydrogen-bond donors (Lipinski definition) is 0. The number of nitrogens with zero attached hydrogens (tertiary/aromatic N) is 3. The quantitative estimate of drug-likeness (QED) is 0.640. The van der Waals surface area contributed by atoms with Gasteiger partial charge in [-0.2, -0.15) is 0 Å². The summed E-state index contributed by atoms with van der Waals surface area (Å²) < 4.78 is 26.6. The molecule has 136 valence electrons. The molecule has 0 saturated carbocycles. The fraction of sp³-hybridized carbons (Fsp3) is 0.263. The molecule has 0 aliphatic rings. The number of benzene rings is 1. The van der Waals surface area contributed by atoms with Crippen molar-refractivity contribution >= 4 is 21.4 Å². The molecule has 0 fully saturated rings. The normalized spacial score (nSPS) is 11.6. The minimum Gasteiger partial charge on any atom is -0.337 e. The van der Waals surface area contributed by atoms with Gasteiger partial charge >= 0.3 is 0 Å². The van der Waals surface area contributed by atoms with E-state index in [0.717, 1.165) is 11.3 Å². The van der Waals surface area contributed by atoms with Gasteiger partial charge in [-0.25, -0.2) is 13.4 Å². The molecular weight excluding hydrogens is 350 g/mol. The summed E-state index contributed by atoms with van der Waals surface area (Å²) in [6.45, 7) is 2.78. The minimum absolute atomic E-state index is 0.0399. The number of hydrogen-bond acceptors (Lipinski definition) is 4. The largest absolute Gasteiger partial charge is 0.337 e. The number of carbonyl (C=O) groups is 1. The van der Waals surface area contributed by atoms with Crippen LogP contribution in [0.4, 0.5) is 0 Å². The van der Waals surface area contributed by atoms with E-state index in [1.54, 1.807) is 41.4 Å². The zero-order valence-electron chi connectivity index (χ0n) is 14.6. The summed E-state index contributed by atoms with van der Waals surface area (Å²) in [7, 11) is -3.46. The average molecular weight is 371 g/mol. The van der Waals surface area contributed by atoms with Gasteiger partial charge in [-0.15, -0.1) is 0 Å². The number of rotatable bonds is 7. The number of pyridine rings is 1. The third-order valence-electron chi connectivity index (χ3n) is 4.27. The number of aromatic nitrogens is 2. The summed E-state index contributed by atoms with van der Waals surface area (Å²) in [5, 5.41) is 0. The van der Waals surface area contributed by atoms with Gasteiger partial charge in [0.2, 0.25) is 5.91 Å². The van der Waals surface area contributed by atoms with E-state index in [1.807, 2.05) is 35.7 Å². The first-order valence-corrected chi connectivity index (χ1v) is 10.1. The summed E-state index contributed by atoms with van der Waals surface area (Å²) in [5.74, 6) is -0.377. The van der Waals surface area contributed by atoms with Crippen molar-refractivity contribution in [2.75, 3.05) is 12.3 Å². The Labute approximate surface area is 153 Å². The van der Waals surface area contributed by atoms with Gasteiger partial charge in [0.05, 0.1) is 29.1 Å². The molecule has 6 nitrogen and oxygen atoms in total. The highest BCUT2D eigenvalue weighted by Gasteiger charge is 2.20. The zero-order valence-corrected chi connectivity index (χ0v) is 15.4. The van der Waals surface area contributed by atoms with Crippen molar-refractivity contribution in [3.05, 3.63) is 66.6 Å². The lowest BCUT2D eigenvalue weighted by Crippen LogP contribution is -2.32. The summed E-state index contributed by atoms with van der Waals surface area (Å²) in [6.07, 6.45) is 3.60. The smallest absolute Gasteiger partial charge is 0.223 e. The van der Waals surface area contributed by atoms with Gasteiger partial charge in [-0.1, -0.05) is 24.3 Å². The average Bonchev–Trinajstić information content (AvgIpc) is 3.08. The molecule has 7 heteroatoms. The first-order valence-electron chi connectivity index (χ1n) is 8.48. The molecule has 3 aromatic rings. The molecule has 3 rings (SSSR count). The molecule has 0 radical (unpaired) electrons. The topological polar surface area (TPSA) is 71.8 Å². The summed E-state index contributed by atoms with van der Waals surface area (Å²) >= 11 is 0. The van der Waals surface area contributed by atoms with Crippen molar-refractivity contribution in [2.45, 2.75) is 24.8 Å². The molecule has 0 aliphatic heterocycles. The first kappa shape index (κ1) is 18.1. The minimum atomic E-state index is -3.46. The first-order chi connectivity index (χ1) is 12.5. The van der Waals surface area contributed by atoms with Crippen LogP contribution in [-0.4, -0.2) is 40.9 Å². The van der Waals surface area contributed by atoms with Crippen LogP contribution in [0.5, 0.6) is 0 Å². The molecule has 0 aliphatic carbocycles. The molecule has 0 spiro atoms. The van der Waals surface area contributed by atoms with Crippen molar-refractivity contribution in [3.8, 4) is 0 Å². The van der Waals surface area contributed by atoms with Crippen LogP contribution in [0.15, 0.2) is 65.8 Å². The van der Waals surface area contributed by atoms with Crippen molar-refractivity contribution < 1.29 is 13.2 Å². The Kier molecular flexibility index (Phi) is 5.37. The van der Waals surface area contributed by atoms with E-state index in [2.05, 4.69) is 4.98 Å². The van der Waals surface area contributed by atoms with E-state index in [4.69, 9.17) is 0 Å². The van der Waals surface area contributed by atoms with Crippen molar-refractivity contribution in [1.29, 1.82) is 0 Å². The van der Waals surface area contributed by atoms with E-state index < -0.39 is 9.84 Å². The lowest BCUT2D eigenvalue weighted by atomic mass is 10.3. The van der Waals surface area contributed by atoms with Crippen LogP contribution in [0.25, 0.3) is 5.65 Å². The Balaban J connectivity index is 1.68. The number of amides is 1. The molecule has 26 heavy (non-hydrogen) atoms. The van der Waals surface area contributed by atoms with Crippen LogP contribution >= 0.6 is 0 Å². The zero-order chi connectivity index (χ0) is 18.6. The maximum absolute atomic E-state index is 12.5. The van der Waals surface area contributed by atoms with Gasteiger partial charge in [-0.05, 0) is 31.2 Å². The summed E-state index contributed by atoms with van der Waals surface area (Å²) in [4.78, 5) is 18.8. The molecule has 1 aromatic carbocycles. The van der Waals surface area contributed by atoms with E-state index in [-0.39, 0.29) is 23.0 Å². The predicted octanol–water partition coefficient (Wildman–Crippen LogP) is 2.55. The number of carbonyl (C=O) groups excluding carboxylic acids is 1. The van der Waals surface area contributed by atoms with Crippen LogP contribution in [0.1, 0.15) is 19.0 Å². The Morgan fingerprint density at radius 1 is 1.12 bits per heavy atom. The maximum atomic E-state index is 12.5. The van der Waals surface area contributed by atoms with Gasteiger partial charge in [-0.3, -0.25) is 4.79 Å². The van der Waals surface area contributed by atoms with E-state index >= 15 is 0 Å². The second-order valence-corrected chi connectivity index (χ2v) is 8.08. The highest BCUT2D eigenvalue weighted by atomic mass is 32.2. The van der Waals surface area contributed by atoms with Gasteiger partial charge in [0, 0.05) is 19.2 Å². The Morgan fingerprint density at radius 2 is 1.85 bits per heavy atom. The Bertz CT molecular complexity index is 997. The molecule has 0 atom stereocenters. The van der Waals surface area contributed by atoms with Gasteiger partial charge < -0.3 is 9.30 Å². The standard InChI is InChI=1S/C19H21N3O3S/c1-2-21(15-16-14-20-18-10-6-7-12-22(16)18)19(23)11-13-26(24,25)17-8-4-3-5-9-17/h3-10,12,14H,2,11,13,15H2,1H3. The molecular formula is C19H21N3O3S. The molecule has 0 bridgehead atoms. The van der Waals surface area contributed by atoms with Gasteiger partial charge in [0.15, 0.2) is 9.84 Å². The summed E-state index contributed by atoms with van der Waals surface area (Å²) in [5.41, 5.74) is 1.71. The van der Waals surface area contributed by atoms with Crippen molar-refractivity contribution in [3.63, 3.8) is 0 Å². The third-order valence-corrected chi connectivity index (χ3v) is 6.00. The van der Waals surface area contributed by atoms with Crippen LogP contribution in [0.2, 0.25) is 0 Å². The van der Waals surface area contributed by atoms with Crippen molar-refractivity contribution in [1.82, 2.24) is 14.3 Å². The Hall–Kier alpha value is -2.67. The maximum Gasteiger partial charge on any atom is 0.223 e. The molecule has 2 aromatic heterocycles. The van der Waals surface area contributed by atoms with E-state index in [0.29, 0.717) is 13.1 Å². The molecule has 0 unspecified atom stereocenters. The second-order valence-electron chi connectivity index (χ2n) is 5.97. The lowest BCUT2D eigenvalue weighted by Gasteiger charge is -2.20. The molecule has 2 heterocycles. The monoisotopic (exact) mass is 371 g/mol. The predicted molar refractivity (Wildman–Crippen MR) is 99.4 cm³/mol. The third kappa shape index (κ3) is 3.94. The molecule has 0 N–H and O–H groups in total. The van der Waals surface area contributed by atoms with Crippen molar-refractivity contribution in [2.24, 2.45) is 0 Å². The van der Waals surface area contributed by atoms with Crippen LogP contribution in [0.3, 0.4) is 0 Å². The number of imidazole rings is 1. The second kappa shape index (κ2) is 7.70. The summed E-state index contributed by atoms with van der Waals surface area (Å²) in [6, 6.07) is 13.9. The highest BCUT2D eigenvalue weighted by molar-refractivity contribution is 7.91. The van der Waals surface area contributed by atoms with Gasteiger partial charge in [0.1, 0.15) is 5.65 Å². The van der Waals surface area contributed by atoms with E-state index in [9.17, 15) is 13.2 Å². The molecule has 0 saturated heterocycles. The highest BCUT2D eigenvalue weighted by Crippen LogP contribution is 2.14. The number of sulfone groups is 1. The van der Waals surface area contributed by atoms with Crippen LogP contribution < -0.4 is 0 Å².